The molecule has 8 heteroatoms. The van der Waals surface area contributed by atoms with Crippen molar-refractivity contribution in [1.29, 1.82) is 0 Å². The number of halogens is 1. The highest BCUT2D eigenvalue weighted by Gasteiger charge is 2.10. The summed E-state index contributed by atoms with van der Waals surface area (Å²) < 4.78 is 11.1. The molecule has 0 spiro atoms. The van der Waals surface area contributed by atoms with Gasteiger partial charge in [-0.1, -0.05) is 15.9 Å². The molecule has 0 atom stereocenters. The topological polar surface area (TPSA) is 90.7 Å². The second-order valence-corrected chi connectivity index (χ2v) is 3.93. The van der Waals surface area contributed by atoms with E-state index in [0.717, 1.165) is 0 Å². The zero-order valence-electron chi connectivity index (χ0n) is 10.2. The van der Waals surface area contributed by atoms with Gasteiger partial charge in [0.05, 0.1) is 18.8 Å². The number of aromatic nitrogens is 2. The van der Waals surface area contributed by atoms with Crippen LogP contribution in [0.25, 0.3) is 6.08 Å². The Morgan fingerprint density at radius 3 is 2.95 bits per heavy atom. The summed E-state index contributed by atoms with van der Waals surface area (Å²) >= 11 is 3.09. The first-order valence-electron chi connectivity index (χ1n) is 5.33. The van der Waals surface area contributed by atoms with Crippen LogP contribution in [-0.4, -0.2) is 33.8 Å². The number of carbonyl (C=O) groups excluding carboxylic acids is 1. The van der Waals surface area contributed by atoms with Crippen molar-refractivity contribution in [3.05, 3.63) is 27.2 Å². The molecule has 7 nitrogen and oxygen atoms in total. The molecule has 1 aromatic heterocycles. The molecule has 0 saturated heterocycles. The lowest BCUT2D eigenvalue weighted by molar-refractivity contribution is -0.132. The molecule has 0 fully saturated rings. The van der Waals surface area contributed by atoms with Crippen molar-refractivity contribution in [3.63, 3.8) is 0 Å². The molecule has 1 N–H and O–H groups in total. The molecule has 0 aliphatic carbocycles. The summed E-state index contributed by atoms with van der Waals surface area (Å²) in [7, 11) is 0. The maximum absolute atomic E-state index is 11.7. The van der Waals surface area contributed by atoms with Crippen molar-refractivity contribution in [1.82, 2.24) is 9.55 Å². The van der Waals surface area contributed by atoms with Crippen LogP contribution in [0.3, 0.4) is 0 Å². The number of aliphatic hydroxyl groups is 1. The normalized spacial score (nSPS) is 10.9. The lowest BCUT2D eigenvalue weighted by Crippen LogP contribution is -2.25. The van der Waals surface area contributed by atoms with Gasteiger partial charge in [0.25, 0.3) is 0 Å². The Kier molecular flexibility index (Phi) is 6.40. The van der Waals surface area contributed by atoms with Crippen LogP contribution in [0.5, 0.6) is 5.88 Å². The minimum Gasteiger partial charge on any atom is -0.407 e. The fourth-order valence-corrected chi connectivity index (χ4v) is 1.50. The summed E-state index contributed by atoms with van der Waals surface area (Å²) in [5, 5.41) is 8.59. The Balaban J connectivity index is 3.05. The molecule has 1 aromatic rings. The Morgan fingerprint density at radius 2 is 2.37 bits per heavy atom. The quantitative estimate of drug-likeness (QED) is 0.602. The fourth-order valence-electron chi connectivity index (χ4n) is 1.21. The summed E-state index contributed by atoms with van der Waals surface area (Å²) in [5.74, 6) is -0.628. The predicted molar refractivity (Wildman–Crippen MR) is 70.8 cm³/mol. The molecule has 104 valence electrons. The molecule has 1 heterocycles. The highest BCUT2D eigenvalue weighted by atomic mass is 79.9. The third-order valence-electron chi connectivity index (χ3n) is 1.93. The molecule has 0 amide bonds. The number of hydrogen-bond donors (Lipinski definition) is 1. The molecular formula is C11H13BrN2O5. The van der Waals surface area contributed by atoms with Crippen molar-refractivity contribution in [2.75, 3.05) is 13.2 Å². The largest absolute Gasteiger partial charge is 0.407 e. The van der Waals surface area contributed by atoms with Crippen molar-refractivity contribution >= 4 is 28.0 Å². The lowest BCUT2D eigenvalue weighted by atomic mass is 10.3. The maximum atomic E-state index is 11.7. The van der Waals surface area contributed by atoms with Crippen LogP contribution in [0.4, 0.5) is 0 Å². The predicted octanol–water partition coefficient (Wildman–Crippen LogP) is 0.501. The number of hydrogen-bond acceptors (Lipinski definition) is 6. The van der Waals surface area contributed by atoms with Gasteiger partial charge in [-0.05, 0) is 11.1 Å². The van der Waals surface area contributed by atoms with Crippen molar-refractivity contribution in [2.24, 2.45) is 0 Å². The second-order valence-electron chi connectivity index (χ2n) is 3.40. The Bertz CT molecular complexity index is 526. The van der Waals surface area contributed by atoms with E-state index >= 15 is 0 Å². The smallest absolute Gasteiger partial charge is 0.352 e. The third kappa shape index (κ3) is 4.93. The number of aliphatic hydroxyl groups excluding tert-OH is 1. The summed E-state index contributed by atoms with van der Waals surface area (Å²) in [6, 6.07) is 0. The monoisotopic (exact) mass is 332 g/mol. The van der Waals surface area contributed by atoms with Crippen LogP contribution in [0.1, 0.15) is 12.5 Å². The fraction of sp³-hybridized carbons (Fsp3) is 0.364. The standard InChI is InChI=1S/C11H13BrN2O5/c1-8(16)19-10-9(2-3-12)6-14(11(17)13-10)7-18-5-4-15/h2-3,6,15H,4-5,7H2,1H3/b3-2+. The van der Waals surface area contributed by atoms with Crippen LogP contribution in [0, 0.1) is 0 Å². The first-order chi connectivity index (χ1) is 9.08. The van der Waals surface area contributed by atoms with Crippen molar-refractivity contribution < 1.29 is 19.4 Å². The van der Waals surface area contributed by atoms with Gasteiger partial charge in [0.1, 0.15) is 6.73 Å². The van der Waals surface area contributed by atoms with Gasteiger partial charge in [0.2, 0.25) is 5.88 Å². The maximum Gasteiger partial charge on any atom is 0.352 e. The van der Waals surface area contributed by atoms with E-state index in [4.69, 9.17) is 14.6 Å². The zero-order chi connectivity index (χ0) is 14.3. The number of carbonyl (C=O) groups is 1. The minimum absolute atomic E-state index is 0.0458. The molecule has 0 unspecified atom stereocenters. The van der Waals surface area contributed by atoms with Gasteiger partial charge in [-0.2, -0.15) is 4.98 Å². The first-order valence-corrected chi connectivity index (χ1v) is 6.25. The molecule has 19 heavy (non-hydrogen) atoms. The van der Waals surface area contributed by atoms with E-state index < -0.39 is 11.7 Å². The van der Waals surface area contributed by atoms with Gasteiger partial charge < -0.3 is 14.6 Å². The van der Waals surface area contributed by atoms with E-state index in [9.17, 15) is 9.59 Å². The van der Waals surface area contributed by atoms with E-state index in [1.54, 1.807) is 11.1 Å². The molecule has 0 saturated carbocycles. The molecule has 0 aromatic carbocycles. The molecule has 1 rings (SSSR count). The number of nitrogens with zero attached hydrogens (tertiary/aromatic N) is 2. The van der Waals surface area contributed by atoms with Crippen LogP contribution < -0.4 is 10.4 Å². The van der Waals surface area contributed by atoms with Gasteiger partial charge in [-0.15, -0.1) is 0 Å². The van der Waals surface area contributed by atoms with Gasteiger partial charge in [-0.25, -0.2) is 4.79 Å². The molecule has 0 radical (unpaired) electrons. The highest BCUT2D eigenvalue weighted by Crippen LogP contribution is 2.15. The first kappa shape index (κ1) is 15.5. The van der Waals surface area contributed by atoms with Crippen LogP contribution in [0.15, 0.2) is 16.0 Å². The second kappa shape index (κ2) is 7.82. The lowest BCUT2D eigenvalue weighted by Gasteiger charge is -2.09. The molecular weight excluding hydrogens is 320 g/mol. The van der Waals surface area contributed by atoms with E-state index in [0.29, 0.717) is 5.56 Å². The van der Waals surface area contributed by atoms with Crippen LogP contribution in [0.2, 0.25) is 0 Å². The average Bonchev–Trinajstić information content (AvgIpc) is 2.34. The van der Waals surface area contributed by atoms with Crippen LogP contribution >= 0.6 is 15.9 Å². The highest BCUT2D eigenvalue weighted by molar-refractivity contribution is 9.11. The molecule has 0 bridgehead atoms. The van der Waals surface area contributed by atoms with Gasteiger partial charge in [0.15, 0.2) is 0 Å². The zero-order valence-corrected chi connectivity index (χ0v) is 11.8. The number of ether oxygens (including phenoxy) is 2. The number of rotatable bonds is 6. The minimum atomic E-state index is -0.610. The van der Waals surface area contributed by atoms with Crippen LogP contribution in [-0.2, 0) is 16.3 Å². The van der Waals surface area contributed by atoms with Gasteiger partial charge in [-0.3, -0.25) is 9.36 Å². The number of esters is 1. The van der Waals surface area contributed by atoms with Crippen molar-refractivity contribution in [2.45, 2.75) is 13.7 Å². The van der Waals surface area contributed by atoms with E-state index in [1.807, 2.05) is 0 Å². The van der Waals surface area contributed by atoms with Gasteiger partial charge in [0, 0.05) is 13.1 Å². The van der Waals surface area contributed by atoms with E-state index in [-0.39, 0.29) is 25.8 Å². The van der Waals surface area contributed by atoms with Gasteiger partial charge >= 0.3 is 11.7 Å². The summed E-state index contributed by atoms with van der Waals surface area (Å²) in [5.41, 5.74) is -0.166. The van der Waals surface area contributed by atoms with E-state index in [1.165, 1.54) is 17.7 Å². The van der Waals surface area contributed by atoms with E-state index in [2.05, 4.69) is 20.9 Å². The summed E-state index contributed by atoms with van der Waals surface area (Å²) in [6.45, 7) is 1.15. The average molecular weight is 333 g/mol. The Labute approximate surface area is 117 Å². The Hall–Kier alpha value is -1.51. The molecule has 0 aliphatic rings. The third-order valence-corrected chi connectivity index (χ3v) is 2.20. The Morgan fingerprint density at radius 1 is 1.63 bits per heavy atom. The SMILES string of the molecule is CC(=O)Oc1nc(=O)n(COCCO)cc1/C=C/Br. The summed E-state index contributed by atoms with van der Waals surface area (Å²) in [6.07, 6.45) is 3.02. The summed E-state index contributed by atoms with van der Waals surface area (Å²) in [4.78, 5) is 27.8. The molecule has 0 aliphatic heterocycles. The van der Waals surface area contributed by atoms with Crippen molar-refractivity contribution in [3.8, 4) is 5.88 Å².